The molecule has 0 spiro atoms. The van der Waals surface area contributed by atoms with E-state index in [4.69, 9.17) is 21.6 Å². The first-order chi connectivity index (χ1) is 14.3. The summed E-state index contributed by atoms with van der Waals surface area (Å²) in [6, 6.07) is 9.50. The number of hydrogen-bond acceptors (Lipinski definition) is 7. The van der Waals surface area contributed by atoms with Crippen molar-refractivity contribution in [2.75, 3.05) is 6.61 Å². The average Bonchev–Trinajstić information content (AvgIpc) is 2.72. The van der Waals surface area contributed by atoms with Gasteiger partial charge in [0, 0.05) is 22.5 Å². The number of halogens is 2. The first kappa shape index (κ1) is 21.4. The Kier molecular flexibility index (Phi) is 6.44. The third kappa shape index (κ3) is 4.32. The van der Waals surface area contributed by atoms with Gasteiger partial charge in [0.1, 0.15) is 11.9 Å². The third-order valence-corrected chi connectivity index (χ3v) is 4.81. The number of nitro groups is 1. The first-order valence-electron chi connectivity index (χ1n) is 8.59. The number of nitrogens with zero attached hydrogens (tertiary/aromatic N) is 5. The van der Waals surface area contributed by atoms with Crippen LogP contribution in [0.15, 0.2) is 44.7 Å². The highest BCUT2D eigenvalue weighted by atomic mass is 79.9. The van der Waals surface area contributed by atoms with Crippen LogP contribution in [0.1, 0.15) is 18.3 Å². The molecule has 0 aliphatic carbocycles. The molecule has 0 aliphatic heterocycles. The predicted octanol–water partition coefficient (Wildman–Crippen LogP) is 4.07. The summed E-state index contributed by atoms with van der Waals surface area (Å²) in [7, 11) is 0. The predicted molar refractivity (Wildman–Crippen MR) is 115 cm³/mol. The molecule has 152 valence electrons. The number of nitriles is 1. The molecular formula is C19H13BrClN5O4. The number of aromatic nitrogens is 2. The van der Waals surface area contributed by atoms with E-state index in [0.717, 1.165) is 9.15 Å². The fourth-order valence-corrected chi connectivity index (χ4v) is 3.36. The first-order valence-corrected chi connectivity index (χ1v) is 9.76. The quantitative estimate of drug-likeness (QED) is 0.291. The van der Waals surface area contributed by atoms with Crippen molar-refractivity contribution in [3.63, 3.8) is 0 Å². The Morgan fingerprint density at radius 2 is 2.20 bits per heavy atom. The molecule has 0 amide bonds. The van der Waals surface area contributed by atoms with E-state index in [1.54, 1.807) is 24.3 Å². The summed E-state index contributed by atoms with van der Waals surface area (Å²) >= 11 is 9.43. The normalized spacial score (nSPS) is 11.0. The molecule has 3 rings (SSSR count). The fourth-order valence-electron chi connectivity index (χ4n) is 2.72. The Morgan fingerprint density at radius 1 is 1.43 bits per heavy atom. The number of benzene rings is 2. The minimum Gasteiger partial charge on any atom is -0.470 e. The molecular weight excluding hydrogens is 478 g/mol. The van der Waals surface area contributed by atoms with Gasteiger partial charge in [-0.15, -0.1) is 0 Å². The molecule has 0 atom stereocenters. The standard InChI is InChI=1S/C19H13BrClN5O4/c1-2-17-24-15-4-3-12(20)9-13(15)19(27)25(17)23-10-11-7-14(21)18(30-6-5-22)16(8-11)26(28)29/h3-4,7-10H,2,6H2,1H3. The largest absolute Gasteiger partial charge is 0.470 e. The van der Waals surface area contributed by atoms with Crippen molar-refractivity contribution in [3.8, 4) is 11.8 Å². The van der Waals surface area contributed by atoms with Crippen LogP contribution in [0.3, 0.4) is 0 Å². The van der Waals surface area contributed by atoms with E-state index in [0.29, 0.717) is 23.1 Å². The Balaban J connectivity index is 2.10. The lowest BCUT2D eigenvalue weighted by molar-refractivity contribution is -0.385. The molecule has 0 unspecified atom stereocenters. The smallest absolute Gasteiger partial charge is 0.313 e. The van der Waals surface area contributed by atoms with E-state index in [1.165, 1.54) is 18.3 Å². The van der Waals surface area contributed by atoms with Crippen molar-refractivity contribution < 1.29 is 9.66 Å². The summed E-state index contributed by atoms with van der Waals surface area (Å²) in [5, 5.41) is 24.5. The van der Waals surface area contributed by atoms with Crippen LogP contribution in [0.4, 0.5) is 5.69 Å². The lowest BCUT2D eigenvalue weighted by Crippen LogP contribution is -2.22. The van der Waals surface area contributed by atoms with Crippen LogP contribution >= 0.6 is 27.5 Å². The molecule has 9 nitrogen and oxygen atoms in total. The summed E-state index contributed by atoms with van der Waals surface area (Å²) in [5.74, 6) is 0.227. The fraction of sp³-hybridized carbons (Fsp3) is 0.158. The molecule has 1 heterocycles. The number of aryl methyl sites for hydroxylation is 1. The van der Waals surface area contributed by atoms with Crippen LogP contribution in [0, 0.1) is 21.4 Å². The molecule has 11 heteroatoms. The van der Waals surface area contributed by atoms with E-state index in [1.807, 2.05) is 6.92 Å². The van der Waals surface area contributed by atoms with E-state index in [9.17, 15) is 14.9 Å². The molecule has 3 aromatic rings. The van der Waals surface area contributed by atoms with E-state index in [2.05, 4.69) is 26.0 Å². The maximum Gasteiger partial charge on any atom is 0.313 e. The Hall–Kier alpha value is -3.29. The number of rotatable bonds is 6. The van der Waals surface area contributed by atoms with Crippen LogP contribution in [0.2, 0.25) is 5.02 Å². The Bertz CT molecular complexity index is 1280. The summed E-state index contributed by atoms with van der Waals surface area (Å²) in [5.41, 5.74) is 0.0373. The highest BCUT2D eigenvalue weighted by molar-refractivity contribution is 9.10. The molecule has 0 saturated heterocycles. The summed E-state index contributed by atoms with van der Waals surface area (Å²) in [4.78, 5) is 28.1. The van der Waals surface area contributed by atoms with E-state index >= 15 is 0 Å². The number of fused-ring (bicyclic) bond motifs is 1. The van der Waals surface area contributed by atoms with Crippen LogP contribution in [0.5, 0.6) is 5.75 Å². The Labute approximate surface area is 183 Å². The van der Waals surface area contributed by atoms with Crippen molar-refractivity contribution in [1.82, 2.24) is 9.66 Å². The molecule has 0 bridgehead atoms. The van der Waals surface area contributed by atoms with Gasteiger partial charge in [-0.2, -0.15) is 15.0 Å². The second-order valence-electron chi connectivity index (χ2n) is 5.96. The number of hydrogen-bond donors (Lipinski definition) is 0. The van der Waals surface area contributed by atoms with Gasteiger partial charge in [-0.3, -0.25) is 14.9 Å². The second-order valence-corrected chi connectivity index (χ2v) is 7.28. The van der Waals surface area contributed by atoms with Crippen LogP contribution in [-0.4, -0.2) is 27.4 Å². The minimum absolute atomic E-state index is 0.0514. The summed E-state index contributed by atoms with van der Waals surface area (Å²) < 4.78 is 6.94. The SMILES string of the molecule is CCc1nc2ccc(Br)cc2c(=O)n1N=Cc1cc(Cl)c(OCC#N)c([N+](=O)[O-])c1. The Morgan fingerprint density at radius 3 is 2.87 bits per heavy atom. The van der Waals surface area contributed by atoms with Gasteiger partial charge in [0.25, 0.3) is 5.56 Å². The van der Waals surface area contributed by atoms with Crippen molar-refractivity contribution in [3.05, 3.63) is 71.7 Å². The van der Waals surface area contributed by atoms with Crippen molar-refractivity contribution in [2.24, 2.45) is 5.10 Å². The maximum atomic E-state index is 12.9. The molecule has 30 heavy (non-hydrogen) atoms. The van der Waals surface area contributed by atoms with E-state index in [-0.39, 0.29) is 28.5 Å². The summed E-state index contributed by atoms with van der Waals surface area (Å²) in [6.45, 7) is 1.45. The van der Waals surface area contributed by atoms with Crippen LogP contribution < -0.4 is 10.3 Å². The van der Waals surface area contributed by atoms with Crippen molar-refractivity contribution in [1.29, 1.82) is 5.26 Å². The average molecular weight is 491 g/mol. The monoisotopic (exact) mass is 489 g/mol. The molecule has 0 radical (unpaired) electrons. The molecule has 0 N–H and O–H groups in total. The molecule has 2 aromatic carbocycles. The summed E-state index contributed by atoms with van der Waals surface area (Å²) in [6.07, 6.45) is 1.72. The zero-order valence-corrected chi connectivity index (χ0v) is 17.8. The highest BCUT2D eigenvalue weighted by Gasteiger charge is 2.20. The minimum atomic E-state index is -0.672. The zero-order chi connectivity index (χ0) is 21.8. The van der Waals surface area contributed by atoms with Crippen molar-refractivity contribution >= 4 is 50.3 Å². The van der Waals surface area contributed by atoms with Gasteiger partial charge in [-0.1, -0.05) is 34.5 Å². The van der Waals surface area contributed by atoms with Gasteiger partial charge in [0.2, 0.25) is 5.75 Å². The highest BCUT2D eigenvalue weighted by Crippen LogP contribution is 2.35. The molecule has 1 aromatic heterocycles. The van der Waals surface area contributed by atoms with Gasteiger partial charge in [0.15, 0.2) is 6.61 Å². The van der Waals surface area contributed by atoms with Crippen LogP contribution in [-0.2, 0) is 6.42 Å². The topological polar surface area (TPSA) is 123 Å². The maximum absolute atomic E-state index is 12.9. The molecule has 0 fully saturated rings. The van der Waals surface area contributed by atoms with Gasteiger partial charge in [-0.25, -0.2) is 4.98 Å². The second kappa shape index (κ2) is 9.02. The zero-order valence-electron chi connectivity index (χ0n) is 15.5. The number of ether oxygens (including phenoxy) is 1. The number of nitro benzene ring substituents is 1. The van der Waals surface area contributed by atoms with Crippen LogP contribution in [0.25, 0.3) is 10.9 Å². The van der Waals surface area contributed by atoms with Crippen molar-refractivity contribution in [2.45, 2.75) is 13.3 Å². The van der Waals surface area contributed by atoms with Gasteiger partial charge >= 0.3 is 5.69 Å². The van der Waals surface area contributed by atoms with Gasteiger partial charge in [0.05, 0.1) is 27.1 Å². The van der Waals surface area contributed by atoms with Gasteiger partial charge < -0.3 is 4.74 Å². The lowest BCUT2D eigenvalue weighted by Gasteiger charge is -2.08. The molecule has 0 aliphatic rings. The van der Waals surface area contributed by atoms with E-state index < -0.39 is 10.6 Å². The molecule has 0 saturated carbocycles. The van der Waals surface area contributed by atoms with Gasteiger partial charge in [-0.05, 0) is 24.3 Å². The lowest BCUT2D eigenvalue weighted by atomic mass is 10.2. The third-order valence-electron chi connectivity index (χ3n) is 4.04.